The summed E-state index contributed by atoms with van der Waals surface area (Å²) < 4.78 is 0. The van der Waals surface area contributed by atoms with Gasteiger partial charge < -0.3 is 0 Å². The van der Waals surface area contributed by atoms with E-state index in [4.69, 9.17) is 0 Å². The van der Waals surface area contributed by atoms with Gasteiger partial charge in [0.05, 0.1) is 0 Å². The van der Waals surface area contributed by atoms with Crippen LogP contribution in [-0.2, 0) is 0 Å². The molecule has 1 radical (unpaired) electrons. The van der Waals surface area contributed by atoms with Crippen LogP contribution >= 0.6 is 0 Å². The third kappa shape index (κ3) is 12.2. The Morgan fingerprint density at radius 1 is 0.647 bits per heavy atom. The van der Waals surface area contributed by atoms with E-state index in [0.29, 0.717) is 0 Å². The molecule has 0 unspecified atom stereocenters. The van der Waals surface area contributed by atoms with Gasteiger partial charge in [-0.2, -0.15) is 0 Å². The minimum atomic E-state index is 0.915. The summed E-state index contributed by atoms with van der Waals surface area (Å²) in [4.78, 5) is 0. The van der Waals surface area contributed by atoms with Crippen LogP contribution in [0.5, 0.6) is 0 Å². The van der Waals surface area contributed by atoms with Crippen LogP contribution in [0.2, 0.25) is 0 Å². The molecular weight excluding hydrogens is 204 g/mol. The van der Waals surface area contributed by atoms with Crippen molar-refractivity contribution in [2.24, 2.45) is 5.92 Å². The third-order valence-electron chi connectivity index (χ3n) is 3.84. The highest BCUT2D eigenvalue weighted by Crippen LogP contribution is 2.21. The molecule has 0 aliphatic rings. The van der Waals surface area contributed by atoms with Gasteiger partial charge >= 0.3 is 0 Å². The van der Waals surface area contributed by atoms with E-state index in [1.165, 1.54) is 77.0 Å². The predicted octanol–water partition coefficient (Wildman–Crippen LogP) is 6.55. The number of unbranched alkanes of at least 4 members (excludes halogenated alkanes) is 8. The summed E-state index contributed by atoms with van der Waals surface area (Å²) in [5.74, 6) is 0.915. The third-order valence-corrected chi connectivity index (χ3v) is 3.84. The van der Waals surface area contributed by atoms with Crippen molar-refractivity contribution in [3.8, 4) is 0 Å². The van der Waals surface area contributed by atoms with Crippen LogP contribution in [0.15, 0.2) is 0 Å². The molecule has 0 nitrogen and oxygen atoms in total. The molecule has 0 bridgehead atoms. The van der Waals surface area contributed by atoms with Crippen LogP contribution in [0.1, 0.15) is 97.3 Å². The minimum absolute atomic E-state index is 0.915. The van der Waals surface area contributed by atoms with Gasteiger partial charge in [-0.1, -0.05) is 104 Å². The van der Waals surface area contributed by atoms with Crippen molar-refractivity contribution in [1.82, 2.24) is 0 Å². The Morgan fingerprint density at radius 2 is 1.06 bits per heavy atom. The van der Waals surface area contributed by atoms with Gasteiger partial charge in [-0.15, -0.1) is 0 Å². The molecule has 0 N–H and O–H groups in total. The highest BCUT2D eigenvalue weighted by molar-refractivity contribution is 4.62. The average molecular weight is 239 g/mol. The molecule has 0 aromatic rings. The summed E-state index contributed by atoms with van der Waals surface area (Å²) in [7, 11) is 0. The van der Waals surface area contributed by atoms with Crippen LogP contribution in [0, 0.1) is 12.8 Å². The lowest BCUT2D eigenvalue weighted by atomic mass is 9.92. The predicted molar refractivity (Wildman–Crippen MR) is 80.2 cm³/mol. The number of hydrogen-bond donors (Lipinski definition) is 0. The Labute approximate surface area is 111 Å². The number of rotatable bonds is 13. The number of hydrogen-bond acceptors (Lipinski definition) is 0. The summed E-state index contributed by atoms with van der Waals surface area (Å²) in [5, 5.41) is 0. The molecule has 0 aromatic heterocycles. The van der Waals surface area contributed by atoms with Gasteiger partial charge in [-0.05, 0) is 5.92 Å². The first-order chi connectivity index (χ1) is 8.35. The molecular formula is C17H35. The van der Waals surface area contributed by atoms with Crippen molar-refractivity contribution >= 4 is 0 Å². The first kappa shape index (κ1) is 17.0. The first-order valence-corrected chi connectivity index (χ1v) is 8.14. The standard InChI is InChI=1S/C17H35/c1-4-7-9-11-13-15-17(6-3)16-14-12-10-8-5-2/h17H,3-16H2,1-2H3. The second-order valence-corrected chi connectivity index (χ2v) is 5.56. The lowest BCUT2D eigenvalue weighted by Crippen LogP contribution is -1.99. The van der Waals surface area contributed by atoms with Gasteiger partial charge in [-0.3, -0.25) is 0 Å². The molecule has 0 heterocycles. The maximum absolute atomic E-state index is 4.12. The van der Waals surface area contributed by atoms with Crippen molar-refractivity contribution in [3.63, 3.8) is 0 Å². The van der Waals surface area contributed by atoms with Gasteiger partial charge in [-0.25, -0.2) is 0 Å². The molecule has 0 saturated carbocycles. The average Bonchev–Trinajstić information content (AvgIpc) is 2.36. The van der Waals surface area contributed by atoms with Crippen molar-refractivity contribution in [2.45, 2.75) is 97.3 Å². The lowest BCUT2D eigenvalue weighted by Gasteiger charge is -2.14. The van der Waals surface area contributed by atoms with E-state index in [0.717, 1.165) is 12.3 Å². The fourth-order valence-corrected chi connectivity index (χ4v) is 2.51. The lowest BCUT2D eigenvalue weighted by molar-refractivity contribution is 0.406. The Bertz CT molecular complexity index is 114. The van der Waals surface area contributed by atoms with Crippen molar-refractivity contribution in [1.29, 1.82) is 0 Å². The van der Waals surface area contributed by atoms with Crippen LogP contribution in [0.4, 0.5) is 0 Å². The highest BCUT2D eigenvalue weighted by atomic mass is 14.1. The van der Waals surface area contributed by atoms with Crippen molar-refractivity contribution in [2.75, 3.05) is 0 Å². The highest BCUT2D eigenvalue weighted by Gasteiger charge is 2.05. The van der Waals surface area contributed by atoms with Gasteiger partial charge in [0.25, 0.3) is 0 Å². The van der Waals surface area contributed by atoms with Crippen LogP contribution in [0.25, 0.3) is 0 Å². The van der Waals surface area contributed by atoms with E-state index < -0.39 is 0 Å². The molecule has 0 spiro atoms. The largest absolute Gasteiger partial charge is 0.0654 e. The summed E-state index contributed by atoms with van der Waals surface area (Å²) in [6.45, 7) is 8.69. The fourth-order valence-electron chi connectivity index (χ4n) is 2.51. The molecule has 0 heteroatoms. The summed E-state index contributed by atoms with van der Waals surface area (Å²) in [6, 6.07) is 0. The van der Waals surface area contributed by atoms with E-state index in [9.17, 15) is 0 Å². The zero-order valence-electron chi connectivity index (χ0n) is 12.5. The van der Waals surface area contributed by atoms with E-state index in [2.05, 4.69) is 20.8 Å². The fraction of sp³-hybridized carbons (Fsp3) is 0.941. The maximum Gasteiger partial charge on any atom is -0.0414 e. The minimum Gasteiger partial charge on any atom is -0.0654 e. The topological polar surface area (TPSA) is 0 Å². The van der Waals surface area contributed by atoms with Crippen LogP contribution in [0.3, 0.4) is 0 Å². The van der Waals surface area contributed by atoms with Crippen LogP contribution in [-0.4, -0.2) is 0 Å². The summed E-state index contributed by atoms with van der Waals surface area (Å²) in [6.07, 6.45) is 18.2. The zero-order valence-corrected chi connectivity index (χ0v) is 12.5. The van der Waals surface area contributed by atoms with E-state index >= 15 is 0 Å². The van der Waals surface area contributed by atoms with E-state index in [1.807, 2.05) is 0 Å². The monoisotopic (exact) mass is 239 g/mol. The summed E-state index contributed by atoms with van der Waals surface area (Å²) in [5.41, 5.74) is 0. The SMILES string of the molecule is [CH2]CC(CCCCCCC)CCCCCCC. The Balaban J connectivity index is 3.30. The maximum atomic E-state index is 4.12. The Hall–Kier alpha value is 0. The summed E-state index contributed by atoms with van der Waals surface area (Å²) >= 11 is 0. The molecule has 17 heavy (non-hydrogen) atoms. The van der Waals surface area contributed by atoms with E-state index in [-0.39, 0.29) is 0 Å². The quantitative estimate of drug-likeness (QED) is 0.320. The molecule has 0 rings (SSSR count). The normalized spacial score (nSPS) is 11.3. The zero-order chi connectivity index (χ0) is 12.8. The molecule has 0 atom stereocenters. The molecule has 0 aliphatic heterocycles. The smallest absolute Gasteiger partial charge is 0.0414 e. The van der Waals surface area contributed by atoms with Gasteiger partial charge in [0.15, 0.2) is 0 Å². The second kappa shape index (κ2) is 14.1. The second-order valence-electron chi connectivity index (χ2n) is 5.56. The molecule has 0 saturated heterocycles. The Morgan fingerprint density at radius 3 is 1.41 bits per heavy atom. The van der Waals surface area contributed by atoms with Gasteiger partial charge in [0.2, 0.25) is 0 Å². The molecule has 103 valence electrons. The first-order valence-electron chi connectivity index (χ1n) is 8.14. The van der Waals surface area contributed by atoms with Crippen molar-refractivity contribution < 1.29 is 0 Å². The van der Waals surface area contributed by atoms with E-state index in [1.54, 1.807) is 0 Å². The molecule has 0 aromatic carbocycles. The molecule has 0 fully saturated rings. The van der Waals surface area contributed by atoms with Gasteiger partial charge in [0, 0.05) is 0 Å². The van der Waals surface area contributed by atoms with Crippen molar-refractivity contribution in [3.05, 3.63) is 6.92 Å². The molecule has 0 amide bonds. The molecule has 0 aliphatic carbocycles. The van der Waals surface area contributed by atoms with Gasteiger partial charge in [0.1, 0.15) is 0 Å². The van der Waals surface area contributed by atoms with Crippen LogP contribution < -0.4 is 0 Å². The Kier molecular flexibility index (Phi) is 14.1.